The molecule has 1 rings (SSSR count). The maximum atomic E-state index is 2.54. The van der Waals surface area contributed by atoms with Crippen LogP contribution in [0.3, 0.4) is 0 Å². The fourth-order valence-electron chi connectivity index (χ4n) is 2.71. The van der Waals surface area contributed by atoms with Gasteiger partial charge in [0.05, 0.1) is 16.1 Å². The summed E-state index contributed by atoms with van der Waals surface area (Å²) in [6.07, 6.45) is 0. The molecule has 19 heavy (non-hydrogen) atoms. The zero-order chi connectivity index (χ0) is 15.2. The Bertz CT molecular complexity index is 431. The van der Waals surface area contributed by atoms with E-state index in [1.54, 1.807) is 21.5 Å². The van der Waals surface area contributed by atoms with Crippen LogP contribution >= 0.6 is 0 Å². The molecule has 0 nitrogen and oxygen atoms in total. The van der Waals surface area contributed by atoms with Gasteiger partial charge in [-0.05, 0) is 23.5 Å². The van der Waals surface area contributed by atoms with Crippen molar-refractivity contribution < 1.29 is 0 Å². The van der Waals surface area contributed by atoms with Gasteiger partial charge in [0.25, 0.3) is 0 Å². The molecule has 0 atom stereocenters. The molecular weight excluding hydrogens is 260 g/mol. The molecule has 0 radical (unpaired) electrons. The van der Waals surface area contributed by atoms with Gasteiger partial charge >= 0.3 is 0 Å². The fourth-order valence-corrected chi connectivity index (χ4v) is 5.85. The molecule has 0 fully saturated rings. The average Bonchev–Trinajstić information content (AvgIpc) is 2.11. The first-order valence-electron chi connectivity index (χ1n) is 7.40. The minimum atomic E-state index is -1.28. The normalized spacial score (nSPS) is 13.8. The Morgan fingerprint density at radius 2 is 1.26 bits per heavy atom. The third-order valence-corrected chi connectivity index (χ3v) is 8.05. The Kier molecular flexibility index (Phi) is 4.30. The molecule has 1 aromatic carbocycles. The SMILES string of the molecule is Cc1c(C(C)(C)C)cc([Si](C)(C)C)cc1[Si](C)(C)C. The van der Waals surface area contributed by atoms with E-state index in [9.17, 15) is 0 Å². The highest BCUT2D eigenvalue weighted by Crippen LogP contribution is 2.26. The topological polar surface area (TPSA) is 0 Å². The van der Waals surface area contributed by atoms with Crippen molar-refractivity contribution in [1.29, 1.82) is 0 Å². The largest absolute Gasteiger partial charge is 0.0779 e. The van der Waals surface area contributed by atoms with Crippen LogP contribution in [0.5, 0.6) is 0 Å². The highest BCUT2D eigenvalue weighted by molar-refractivity contribution is 6.91. The molecule has 0 heterocycles. The van der Waals surface area contributed by atoms with Crippen LogP contribution in [0.25, 0.3) is 0 Å². The van der Waals surface area contributed by atoms with Gasteiger partial charge in [0, 0.05) is 0 Å². The monoisotopic (exact) mass is 292 g/mol. The lowest BCUT2D eigenvalue weighted by Gasteiger charge is -2.31. The smallest absolute Gasteiger partial charge is 0.0656 e. The van der Waals surface area contributed by atoms with Gasteiger partial charge in [-0.1, -0.05) is 82.6 Å². The lowest BCUT2D eigenvalue weighted by atomic mass is 9.84. The van der Waals surface area contributed by atoms with Crippen LogP contribution in [0.1, 0.15) is 31.9 Å². The van der Waals surface area contributed by atoms with Crippen LogP contribution in [0.4, 0.5) is 0 Å². The Balaban J connectivity index is 3.68. The summed E-state index contributed by atoms with van der Waals surface area (Å²) in [6, 6.07) is 5.05. The Labute approximate surface area is 122 Å². The van der Waals surface area contributed by atoms with Gasteiger partial charge in [-0.25, -0.2) is 0 Å². The molecule has 0 spiro atoms. The third kappa shape index (κ3) is 3.82. The van der Waals surface area contributed by atoms with E-state index in [0.717, 1.165) is 0 Å². The number of benzene rings is 1. The Morgan fingerprint density at radius 1 is 0.789 bits per heavy atom. The summed E-state index contributed by atoms with van der Waals surface area (Å²) < 4.78 is 0. The van der Waals surface area contributed by atoms with Gasteiger partial charge in [-0.3, -0.25) is 0 Å². The minimum Gasteiger partial charge on any atom is -0.0656 e. The zero-order valence-corrected chi connectivity index (χ0v) is 16.7. The molecule has 108 valence electrons. The maximum Gasteiger partial charge on any atom is 0.0779 e. The first-order valence-corrected chi connectivity index (χ1v) is 14.4. The van der Waals surface area contributed by atoms with Crippen molar-refractivity contribution in [2.45, 2.75) is 72.4 Å². The number of hydrogen-bond acceptors (Lipinski definition) is 0. The highest BCUT2D eigenvalue weighted by atomic mass is 28.3. The van der Waals surface area contributed by atoms with Gasteiger partial charge < -0.3 is 0 Å². The third-order valence-electron chi connectivity index (χ3n) is 3.89. The molecule has 0 amide bonds. The lowest BCUT2D eigenvalue weighted by Crippen LogP contribution is -2.47. The van der Waals surface area contributed by atoms with Crippen LogP contribution < -0.4 is 10.4 Å². The van der Waals surface area contributed by atoms with Crippen molar-refractivity contribution in [2.75, 3.05) is 0 Å². The molecule has 0 aliphatic heterocycles. The first-order chi connectivity index (χ1) is 8.24. The average molecular weight is 293 g/mol. The summed E-state index contributed by atoms with van der Waals surface area (Å²) in [5, 5.41) is 3.29. The second-order valence-corrected chi connectivity index (χ2v) is 19.1. The van der Waals surface area contributed by atoms with Crippen molar-refractivity contribution in [1.82, 2.24) is 0 Å². The second kappa shape index (κ2) is 4.89. The summed E-state index contributed by atoms with van der Waals surface area (Å²) in [4.78, 5) is 0. The molecule has 0 unspecified atom stereocenters. The van der Waals surface area contributed by atoms with Crippen molar-refractivity contribution in [2.24, 2.45) is 0 Å². The minimum absolute atomic E-state index is 0.244. The predicted molar refractivity (Wildman–Crippen MR) is 95.8 cm³/mol. The van der Waals surface area contributed by atoms with Crippen LogP contribution in [-0.2, 0) is 5.41 Å². The molecule has 1 aromatic rings. The van der Waals surface area contributed by atoms with E-state index >= 15 is 0 Å². The van der Waals surface area contributed by atoms with Crippen molar-refractivity contribution in [3.05, 3.63) is 23.3 Å². The molecule has 0 aliphatic carbocycles. The van der Waals surface area contributed by atoms with Crippen LogP contribution in [0, 0.1) is 6.92 Å². The molecule has 0 aliphatic rings. The maximum absolute atomic E-state index is 2.54. The second-order valence-electron chi connectivity index (χ2n) is 8.95. The number of rotatable bonds is 2. The molecule has 0 N–H and O–H groups in total. The van der Waals surface area contributed by atoms with Crippen molar-refractivity contribution >= 4 is 26.5 Å². The number of hydrogen-bond donors (Lipinski definition) is 0. The molecule has 0 aromatic heterocycles. The van der Waals surface area contributed by atoms with Crippen LogP contribution in [0.2, 0.25) is 39.3 Å². The Hall–Kier alpha value is -0.346. The van der Waals surface area contributed by atoms with Crippen molar-refractivity contribution in [3.8, 4) is 0 Å². The predicted octanol–water partition coefficient (Wildman–Crippen LogP) is 4.38. The van der Waals surface area contributed by atoms with E-state index in [4.69, 9.17) is 0 Å². The molecule has 0 saturated heterocycles. The van der Waals surface area contributed by atoms with Crippen LogP contribution in [0.15, 0.2) is 12.1 Å². The van der Waals surface area contributed by atoms with E-state index in [-0.39, 0.29) is 5.41 Å². The van der Waals surface area contributed by atoms with Gasteiger partial charge in [0.15, 0.2) is 0 Å². The quantitative estimate of drug-likeness (QED) is 0.710. The molecular formula is C17H32Si2. The summed E-state index contributed by atoms with van der Waals surface area (Å²) in [5.74, 6) is 0. The summed E-state index contributed by atoms with van der Waals surface area (Å²) in [6.45, 7) is 24.1. The zero-order valence-electron chi connectivity index (χ0n) is 14.7. The molecule has 0 saturated carbocycles. The summed E-state index contributed by atoms with van der Waals surface area (Å²) in [7, 11) is -2.53. The summed E-state index contributed by atoms with van der Waals surface area (Å²) in [5.41, 5.74) is 3.35. The van der Waals surface area contributed by atoms with Crippen molar-refractivity contribution in [3.63, 3.8) is 0 Å². The first kappa shape index (κ1) is 16.7. The highest BCUT2D eigenvalue weighted by Gasteiger charge is 2.28. The van der Waals surface area contributed by atoms with Gasteiger partial charge in [-0.15, -0.1) is 0 Å². The van der Waals surface area contributed by atoms with Crippen LogP contribution in [-0.4, -0.2) is 16.1 Å². The molecule has 0 bridgehead atoms. The Morgan fingerprint density at radius 3 is 1.58 bits per heavy atom. The van der Waals surface area contributed by atoms with E-state index in [2.05, 4.69) is 79.1 Å². The van der Waals surface area contributed by atoms with E-state index in [1.807, 2.05) is 0 Å². The van der Waals surface area contributed by atoms with Gasteiger partial charge in [0.1, 0.15) is 0 Å². The summed E-state index contributed by atoms with van der Waals surface area (Å²) >= 11 is 0. The van der Waals surface area contributed by atoms with Gasteiger partial charge in [0.2, 0.25) is 0 Å². The molecule has 2 heteroatoms. The fraction of sp³-hybridized carbons (Fsp3) is 0.647. The van der Waals surface area contributed by atoms with Gasteiger partial charge in [-0.2, -0.15) is 0 Å². The van der Waals surface area contributed by atoms with E-state index in [1.165, 1.54) is 0 Å². The lowest BCUT2D eigenvalue weighted by molar-refractivity contribution is 0.587. The van der Waals surface area contributed by atoms with E-state index in [0.29, 0.717) is 0 Å². The standard InChI is InChI=1S/C17H32Si2/c1-13-15(17(2,3)4)11-14(18(5,6)7)12-16(13)19(8,9)10/h11-12H,1-10H3. The van der Waals surface area contributed by atoms with E-state index < -0.39 is 16.1 Å².